The number of nitrogens with zero attached hydrogens (tertiary/aromatic N) is 2. The highest BCUT2D eigenvalue weighted by Gasteiger charge is 2.12. The maximum absolute atomic E-state index is 11.9. The van der Waals surface area contributed by atoms with E-state index >= 15 is 0 Å². The van der Waals surface area contributed by atoms with E-state index in [1.165, 1.54) is 17.4 Å². The minimum atomic E-state index is -0.333. The Labute approximate surface area is 117 Å². The molecule has 0 saturated carbocycles. The third-order valence-electron chi connectivity index (χ3n) is 2.66. The second-order valence-corrected chi connectivity index (χ2v) is 5.04. The van der Waals surface area contributed by atoms with Gasteiger partial charge in [0, 0.05) is 6.07 Å². The number of thiazole rings is 1. The number of carbonyl (C=O) groups is 1. The maximum atomic E-state index is 11.9. The fourth-order valence-corrected chi connectivity index (χ4v) is 2.59. The number of H-pyrrole nitrogens is 1. The van der Waals surface area contributed by atoms with Gasteiger partial charge in [-0.25, -0.2) is 4.98 Å². The van der Waals surface area contributed by atoms with E-state index in [4.69, 9.17) is 10.5 Å². The van der Waals surface area contributed by atoms with Gasteiger partial charge in [0.05, 0.1) is 17.3 Å². The lowest BCUT2D eigenvalue weighted by atomic mass is 10.3. The second-order valence-electron chi connectivity index (χ2n) is 4.01. The number of methoxy groups -OCH3 is 1. The molecule has 0 unspecified atom stereocenters. The van der Waals surface area contributed by atoms with Crippen molar-refractivity contribution < 1.29 is 9.53 Å². The molecule has 0 saturated heterocycles. The van der Waals surface area contributed by atoms with E-state index in [9.17, 15) is 4.79 Å². The number of anilines is 2. The Balaban J connectivity index is 1.85. The Morgan fingerprint density at radius 2 is 2.30 bits per heavy atom. The lowest BCUT2D eigenvalue weighted by Gasteiger charge is -1.96. The summed E-state index contributed by atoms with van der Waals surface area (Å²) in [6.07, 6.45) is 0. The van der Waals surface area contributed by atoms with E-state index in [1.807, 2.05) is 18.2 Å². The summed E-state index contributed by atoms with van der Waals surface area (Å²) in [4.78, 5) is 16.3. The first-order valence-corrected chi connectivity index (χ1v) is 6.54. The molecule has 3 rings (SSSR count). The number of fused-ring (bicyclic) bond motifs is 1. The van der Waals surface area contributed by atoms with Gasteiger partial charge in [0.15, 0.2) is 5.13 Å². The molecule has 7 nitrogen and oxygen atoms in total. The number of rotatable bonds is 3. The number of aromatic amines is 1. The van der Waals surface area contributed by atoms with Crippen LogP contribution < -0.4 is 15.8 Å². The zero-order valence-corrected chi connectivity index (χ0v) is 11.3. The van der Waals surface area contributed by atoms with Crippen molar-refractivity contribution in [3.63, 3.8) is 0 Å². The predicted octanol–water partition coefficient (Wildman–Crippen LogP) is 1.86. The van der Waals surface area contributed by atoms with Crippen LogP contribution in [0.1, 0.15) is 10.5 Å². The van der Waals surface area contributed by atoms with Crippen LogP contribution in [0, 0.1) is 0 Å². The van der Waals surface area contributed by atoms with Crippen molar-refractivity contribution in [2.75, 3.05) is 18.2 Å². The predicted molar refractivity (Wildman–Crippen MR) is 77.1 cm³/mol. The fourth-order valence-electron chi connectivity index (χ4n) is 1.70. The maximum Gasteiger partial charge on any atom is 0.275 e. The fraction of sp³-hybridized carbons (Fsp3) is 0.0833. The number of benzene rings is 1. The van der Waals surface area contributed by atoms with E-state index in [0.717, 1.165) is 16.0 Å². The normalized spacial score (nSPS) is 10.7. The number of nitrogens with one attached hydrogen (secondary N) is 2. The van der Waals surface area contributed by atoms with Crippen LogP contribution in [0.5, 0.6) is 5.75 Å². The molecule has 0 spiro atoms. The van der Waals surface area contributed by atoms with Crippen molar-refractivity contribution >= 4 is 38.4 Å². The molecule has 0 atom stereocenters. The minimum absolute atomic E-state index is 0.268. The molecule has 102 valence electrons. The summed E-state index contributed by atoms with van der Waals surface area (Å²) < 4.78 is 6.08. The van der Waals surface area contributed by atoms with E-state index in [-0.39, 0.29) is 11.7 Å². The molecule has 1 amide bonds. The van der Waals surface area contributed by atoms with E-state index < -0.39 is 0 Å². The number of nitrogen functional groups attached to an aromatic ring is 1. The molecule has 1 aromatic carbocycles. The summed E-state index contributed by atoms with van der Waals surface area (Å²) >= 11 is 1.37. The van der Waals surface area contributed by atoms with Crippen LogP contribution in [0.2, 0.25) is 0 Å². The van der Waals surface area contributed by atoms with Crippen molar-refractivity contribution in [1.29, 1.82) is 0 Å². The van der Waals surface area contributed by atoms with Crippen molar-refractivity contribution in [3.8, 4) is 5.75 Å². The van der Waals surface area contributed by atoms with Crippen molar-refractivity contribution in [1.82, 2.24) is 15.2 Å². The highest BCUT2D eigenvalue weighted by molar-refractivity contribution is 7.22. The molecular weight excluding hydrogens is 278 g/mol. The van der Waals surface area contributed by atoms with Crippen molar-refractivity contribution in [2.24, 2.45) is 0 Å². The van der Waals surface area contributed by atoms with Crippen LogP contribution in [0.15, 0.2) is 24.3 Å². The first kappa shape index (κ1) is 12.4. The Morgan fingerprint density at radius 1 is 1.45 bits per heavy atom. The number of hydrogen-bond donors (Lipinski definition) is 3. The first-order valence-electron chi connectivity index (χ1n) is 5.72. The van der Waals surface area contributed by atoms with Crippen molar-refractivity contribution in [3.05, 3.63) is 30.0 Å². The number of ether oxygens (including phenoxy) is 1. The Morgan fingerprint density at radius 3 is 3.00 bits per heavy atom. The summed E-state index contributed by atoms with van der Waals surface area (Å²) in [5, 5.41) is 9.46. The summed E-state index contributed by atoms with van der Waals surface area (Å²) in [6.45, 7) is 0. The van der Waals surface area contributed by atoms with Crippen LogP contribution in [-0.2, 0) is 0 Å². The van der Waals surface area contributed by atoms with Gasteiger partial charge in [-0.05, 0) is 18.2 Å². The largest absolute Gasteiger partial charge is 0.497 e. The number of aromatic nitrogens is 3. The molecule has 8 heteroatoms. The van der Waals surface area contributed by atoms with Crippen LogP contribution in [0.25, 0.3) is 10.2 Å². The smallest absolute Gasteiger partial charge is 0.275 e. The highest BCUT2D eigenvalue weighted by atomic mass is 32.1. The highest BCUT2D eigenvalue weighted by Crippen LogP contribution is 2.29. The molecular formula is C12H11N5O2S. The van der Waals surface area contributed by atoms with Crippen LogP contribution in [0.4, 0.5) is 10.9 Å². The van der Waals surface area contributed by atoms with Gasteiger partial charge in [0.2, 0.25) is 0 Å². The van der Waals surface area contributed by atoms with Gasteiger partial charge in [-0.2, -0.15) is 5.10 Å². The molecule has 2 aromatic heterocycles. The molecule has 3 aromatic rings. The molecule has 0 fully saturated rings. The summed E-state index contributed by atoms with van der Waals surface area (Å²) in [7, 11) is 1.60. The van der Waals surface area contributed by atoms with Gasteiger partial charge in [-0.15, -0.1) is 0 Å². The number of amides is 1. The molecule has 0 aliphatic rings. The second kappa shape index (κ2) is 4.82. The summed E-state index contributed by atoms with van der Waals surface area (Å²) in [6, 6.07) is 7.00. The van der Waals surface area contributed by atoms with Crippen LogP contribution in [0.3, 0.4) is 0 Å². The number of nitrogens with two attached hydrogens (primary N) is 1. The number of carbonyl (C=O) groups excluding carboxylic acids is 1. The Kier molecular flexibility index (Phi) is 2.99. The Bertz CT molecular complexity index is 779. The van der Waals surface area contributed by atoms with E-state index in [1.54, 1.807) is 7.11 Å². The molecule has 4 N–H and O–H groups in total. The minimum Gasteiger partial charge on any atom is -0.497 e. The van der Waals surface area contributed by atoms with E-state index in [2.05, 4.69) is 20.5 Å². The van der Waals surface area contributed by atoms with Crippen LogP contribution in [-0.4, -0.2) is 28.2 Å². The lowest BCUT2D eigenvalue weighted by Crippen LogP contribution is -2.12. The van der Waals surface area contributed by atoms with Gasteiger partial charge in [0.1, 0.15) is 17.3 Å². The van der Waals surface area contributed by atoms with Gasteiger partial charge < -0.3 is 10.5 Å². The van der Waals surface area contributed by atoms with Gasteiger partial charge in [0.25, 0.3) is 5.91 Å². The quantitative estimate of drug-likeness (QED) is 0.682. The topological polar surface area (TPSA) is 106 Å². The van der Waals surface area contributed by atoms with Crippen LogP contribution >= 0.6 is 11.3 Å². The zero-order chi connectivity index (χ0) is 14.1. The molecule has 20 heavy (non-hydrogen) atoms. The third kappa shape index (κ3) is 2.28. The SMILES string of the molecule is COc1ccc2nc(NC(=O)c3cc(N)n[nH]3)sc2c1. The zero-order valence-electron chi connectivity index (χ0n) is 10.5. The summed E-state index contributed by atoms with van der Waals surface area (Å²) in [5.41, 5.74) is 6.55. The average molecular weight is 289 g/mol. The van der Waals surface area contributed by atoms with E-state index in [0.29, 0.717) is 10.8 Å². The molecule has 0 bridgehead atoms. The standard InChI is InChI=1S/C12H11N5O2S/c1-19-6-2-3-7-9(4-6)20-12(14-7)15-11(18)8-5-10(13)17-16-8/h2-5H,1H3,(H3,13,16,17)(H,14,15,18). The molecule has 0 radical (unpaired) electrons. The van der Waals surface area contributed by atoms with Gasteiger partial charge in [-0.3, -0.25) is 15.2 Å². The molecule has 0 aliphatic carbocycles. The number of hydrogen-bond acceptors (Lipinski definition) is 6. The summed E-state index contributed by atoms with van der Waals surface area (Å²) in [5.74, 6) is 0.685. The van der Waals surface area contributed by atoms with Gasteiger partial charge in [-0.1, -0.05) is 11.3 Å². The third-order valence-corrected chi connectivity index (χ3v) is 3.59. The average Bonchev–Trinajstić information content (AvgIpc) is 3.03. The van der Waals surface area contributed by atoms with Crippen molar-refractivity contribution in [2.45, 2.75) is 0 Å². The molecule has 2 heterocycles. The Hall–Kier alpha value is -2.61. The first-order chi connectivity index (χ1) is 9.65. The lowest BCUT2D eigenvalue weighted by molar-refractivity contribution is 0.102. The van der Waals surface area contributed by atoms with Gasteiger partial charge >= 0.3 is 0 Å². The monoisotopic (exact) mass is 289 g/mol. The molecule has 0 aliphatic heterocycles.